The van der Waals surface area contributed by atoms with E-state index >= 15 is 0 Å². The van der Waals surface area contributed by atoms with E-state index in [1.54, 1.807) is 0 Å². The third-order valence-corrected chi connectivity index (χ3v) is 4.03. The summed E-state index contributed by atoms with van der Waals surface area (Å²) >= 11 is 0. The predicted octanol–water partition coefficient (Wildman–Crippen LogP) is 3.20. The molecule has 2 atom stereocenters. The van der Waals surface area contributed by atoms with Crippen molar-refractivity contribution in [1.29, 1.82) is 0 Å². The molecule has 0 fully saturated rings. The molecule has 0 aliphatic heterocycles. The Hall–Kier alpha value is -1.78. The highest BCUT2D eigenvalue weighted by Crippen LogP contribution is 2.41. The summed E-state index contributed by atoms with van der Waals surface area (Å²) in [5.74, 6) is 4.69. The zero-order valence-corrected chi connectivity index (χ0v) is 10.9. The minimum atomic E-state index is -0.555. The molecule has 1 aliphatic rings. The van der Waals surface area contributed by atoms with Gasteiger partial charge in [-0.3, -0.25) is 11.3 Å². The first kappa shape index (κ1) is 13.2. The van der Waals surface area contributed by atoms with Gasteiger partial charge in [0.15, 0.2) is 0 Å². The summed E-state index contributed by atoms with van der Waals surface area (Å²) in [5.41, 5.74) is 5.14. The minimum absolute atomic E-state index is 0.0272. The van der Waals surface area contributed by atoms with Crippen LogP contribution < -0.4 is 11.3 Å². The van der Waals surface area contributed by atoms with E-state index in [1.165, 1.54) is 29.3 Å². The maximum Gasteiger partial charge on any atom is 0.130 e. The van der Waals surface area contributed by atoms with Gasteiger partial charge < -0.3 is 0 Å². The Morgan fingerprint density at radius 2 is 1.80 bits per heavy atom. The van der Waals surface area contributed by atoms with Crippen LogP contribution in [0.1, 0.15) is 35.1 Å². The molecule has 0 amide bonds. The van der Waals surface area contributed by atoms with Gasteiger partial charge >= 0.3 is 0 Å². The first-order valence-corrected chi connectivity index (χ1v) is 6.68. The van der Waals surface area contributed by atoms with Gasteiger partial charge in [0.1, 0.15) is 11.6 Å². The number of nitrogens with two attached hydrogens (primary N) is 1. The van der Waals surface area contributed by atoms with Crippen LogP contribution in [0.15, 0.2) is 42.5 Å². The number of benzene rings is 2. The number of hydrazine groups is 1. The van der Waals surface area contributed by atoms with E-state index in [0.717, 1.165) is 6.42 Å². The molecule has 3 rings (SSSR count). The van der Waals surface area contributed by atoms with Crippen LogP contribution in [0, 0.1) is 11.6 Å². The second kappa shape index (κ2) is 5.31. The number of fused-ring (bicyclic) bond motifs is 1. The van der Waals surface area contributed by atoms with Crippen LogP contribution in [0.2, 0.25) is 0 Å². The number of hydrogen-bond donors (Lipinski definition) is 2. The molecule has 20 heavy (non-hydrogen) atoms. The summed E-state index contributed by atoms with van der Waals surface area (Å²) in [6, 6.07) is 11.5. The maximum atomic E-state index is 13.8. The SMILES string of the molecule is NNC(CC1Cc2ccccc21)c1c(F)cccc1F. The second-order valence-corrected chi connectivity index (χ2v) is 5.19. The third kappa shape index (κ3) is 2.21. The molecule has 0 heterocycles. The molecule has 2 aromatic rings. The van der Waals surface area contributed by atoms with Crippen LogP contribution in [0.4, 0.5) is 8.78 Å². The minimum Gasteiger partial charge on any atom is -0.271 e. The molecule has 0 bridgehead atoms. The van der Waals surface area contributed by atoms with Crippen molar-refractivity contribution < 1.29 is 8.78 Å². The van der Waals surface area contributed by atoms with Crippen molar-refractivity contribution in [2.24, 2.45) is 5.84 Å². The van der Waals surface area contributed by atoms with Crippen LogP contribution in [-0.2, 0) is 6.42 Å². The molecule has 2 aromatic carbocycles. The van der Waals surface area contributed by atoms with E-state index in [9.17, 15) is 8.78 Å². The fraction of sp³-hybridized carbons (Fsp3) is 0.250. The Labute approximate surface area is 116 Å². The average molecular weight is 274 g/mol. The molecule has 0 spiro atoms. The predicted molar refractivity (Wildman–Crippen MR) is 73.9 cm³/mol. The van der Waals surface area contributed by atoms with Crippen LogP contribution in [-0.4, -0.2) is 0 Å². The summed E-state index contributed by atoms with van der Waals surface area (Å²) in [6.45, 7) is 0. The van der Waals surface area contributed by atoms with E-state index in [2.05, 4.69) is 17.6 Å². The average Bonchev–Trinajstić information content (AvgIpc) is 2.42. The Morgan fingerprint density at radius 1 is 1.10 bits per heavy atom. The molecule has 2 nitrogen and oxygen atoms in total. The molecule has 2 unspecified atom stereocenters. The Balaban J connectivity index is 1.83. The number of nitrogens with one attached hydrogen (secondary N) is 1. The molecule has 0 radical (unpaired) electrons. The smallest absolute Gasteiger partial charge is 0.130 e. The molecular formula is C16H16F2N2. The van der Waals surface area contributed by atoms with Gasteiger partial charge in [-0.2, -0.15) is 0 Å². The monoisotopic (exact) mass is 274 g/mol. The zero-order chi connectivity index (χ0) is 14.1. The second-order valence-electron chi connectivity index (χ2n) is 5.19. The Morgan fingerprint density at radius 3 is 2.45 bits per heavy atom. The summed E-state index contributed by atoms with van der Waals surface area (Å²) in [5, 5.41) is 0. The highest BCUT2D eigenvalue weighted by molar-refractivity contribution is 5.40. The van der Waals surface area contributed by atoms with Gasteiger partial charge in [0.05, 0.1) is 6.04 Å². The van der Waals surface area contributed by atoms with Gasteiger partial charge in [0.25, 0.3) is 0 Å². The summed E-state index contributed by atoms with van der Waals surface area (Å²) < 4.78 is 27.6. The van der Waals surface area contributed by atoms with E-state index in [0.29, 0.717) is 12.3 Å². The van der Waals surface area contributed by atoms with Crippen LogP contribution in [0.3, 0.4) is 0 Å². The van der Waals surface area contributed by atoms with Crippen LogP contribution >= 0.6 is 0 Å². The fourth-order valence-corrected chi connectivity index (χ4v) is 2.97. The molecule has 4 heteroatoms. The zero-order valence-electron chi connectivity index (χ0n) is 10.9. The van der Waals surface area contributed by atoms with E-state index < -0.39 is 17.7 Å². The highest BCUT2D eigenvalue weighted by Gasteiger charge is 2.30. The lowest BCUT2D eigenvalue weighted by Crippen LogP contribution is -2.32. The largest absolute Gasteiger partial charge is 0.271 e. The molecule has 104 valence electrons. The van der Waals surface area contributed by atoms with E-state index in [-0.39, 0.29) is 5.56 Å². The molecule has 3 N–H and O–H groups in total. The number of halogens is 2. The molecule has 1 aliphatic carbocycles. The maximum absolute atomic E-state index is 13.8. The molecular weight excluding hydrogens is 258 g/mol. The molecule has 0 saturated heterocycles. The first-order valence-electron chi connectivity index (χ1n) is 6.68. The van der Waals surface area contributed by atoms with Crippen LogP contribution in [0.25, 0.3) is 0 Å². The lowest BCUT2D eigenvalue weighted by molar-refractivity contribution is 0.405. The topological polar surface area (TPSA) is 38.0 Å². The van der Waals surface area contributed by atoms with Crippen molar-refractivity contribution in [3.63, 3.8) is 0 Å². The third-order valence-electron chi connectivity index (χ3n) is 4.03. The molecule has 0 saturated carbocycles. The summed E-state index contributed by atoms with van der Waals surface area (Å²) in [7, 11) is 0. The van der Waals surface area contributed by atoms with Gasteiger partial charge in [0.2, 0.25) is 0 Å². The normalized spacial score (nSPS) is 18.2. The van der Waals surface area contributed by atoms with Gasteiger partial charge in [0, 0.05) is 5.56 Å². The van der Waals surface area contributed by atoms with Crippen molar-refractivity contribution >= 4 is 0 Å². The Kier molecular flexibility index (Phi) is 3.51. The highest BCUT2D eigenvalue weighted by atomic mass is 19.1. The van der Waals surface area contributed by atoms with Crippen molar-refractivity contribution in [2.45, 2.75) is 24.8 Å². The lowest BCUT2D eigenvalue weighted by Gasteiger charge is -2.33. The van der Waals surface area contributed by atoms with E-state index in [1.807, 2.05) is 12.1 Å². The van der Waals surface area contributed by atoms with Crippen molar-refractivity contribution in [3.8, 4) is 0 Å². The van der Waals surface area contributed by atoms with Crippen molar-refractivity contribution in [3.05, 3.63) is 70.8 Å². The fourth-order valence-electron chi connectivity index (χ4n) is 2.97. The standard InChI is InChI=1S/C16H16F2N2/c17-13-6-3-7-14(18)16(13)15(20-19)9-11-8-10-4-1-2-5-12(10)11/h1-7,11,15,20H,8-9,19H2. The number of rotatable bonds is 4. The molecule has 0 aromatic heterocycles. The summed E-state index contributed by atoms with van der Waals surface area (Å²) in [6.07, 6.45) is 1.52. The Bertz CT molecular complexity index is 607. The first-order chi connectivity index (χ1) is 9.70. The van der Waals surface area contributed by atoms with Crippen molar-refractivity contribution in [1.82, 2.24) is 5.43 Å². The quantitative estimate of drug-likeness (QED) is 0.663. The summed E-state index contributed by atoms with van der Waals surface area (Å²) in [4.78, 5) is 0. The number of hydrogen-bond acceptors (Lipinski definition) is 2. The van der Waals surface area contributed by atoms with E-state index in [4.69, 9.17) is 5.84 Å². The van der Waals surface area contributed by atoms with Crippen molar-refractivity contribution in [2.75, 3.05) is 0 Å². The van der Waals surface area contributed by atoms with Gasteiger partial charge in [-0.15, -0.1) is 0 Å². The van der Waals surface area contributed by atoms with Gasteiger partial charge in [-0.25, -0.2) is 8.78 Å². The van der Waals surface area contributed by atoms with Crippen LogP contribution in [0.5, 0.6) is 0 Å². The van der Waals surface area contributed by atoms with Gasteiger partial charge in [-0.05, 0) is 42.0 Å². The lowest BCUT2D eigenvalue weighted by atomic mass is 9.74. The van der Waals surface area contributed by atoms with Gasteiger partial charge in [-0.1, -0.05) is 30.3 Å².